The first kappa shape index (κ1) is 18.7. The molecule has 4 nitrogen and oxygen atoms in total. The number of pyridine rings is 2. The SMILES string of the molecule is Cc1c(-c2cccc(-c3ccc(OC(F)(F)F)cc3)n2)[nH]c2ccccc2c1=O. The van der Waals surface area contributed by atoms with Gasteiger partial charge in [0.15, 0.2) is 5.43 Å². The molecule has 29 heavy (non-hydrogen) atoms. The van der Waals surface area contributed by atoms with Gasteiger partial charge in [-0.25, -0.2) is 4.98 Å². The maximum Gasteiger partial charge on any atom is 0.573 e. The molecule has 0 amide bonds. The molecule has 0 bridgehead atoms. The van der Waals surface area contributed by atoms with Gasteiger partial charge in [-0.05, 0) is 55.5 Å². The van der Waals surface area contributed by atoms with E-state index in [1.165, 1.54) is 24.3 Å². The van der Waals surface area contributed by atoms with Gasteiger partial charge in [0.25, 0.3) is 0 Å². The first-order chi connectivity index (χ1) is 13.8. The van der Waals surface area contributed by atoms with Crippen molar-refractivity contribution in [2.45, 2.75) is 13.3 Å². The van der Waals surface area contributed by atoms with Crippen molar-refractivity contribution in [1.82, 2.24) is 9.97 Å². The van der Waals surface area contributed by atoms with Crippen LogP contribution < -0.4 is 10.2 Å². The summed E-state index contributed by atoms with van der Waals surface area (Å²) in [5.74, 6) is -0.299. The van der Waals surface area contributed by atoms with E-state index in [2.05, 4.69) is 14.7 Å². The molecule has 0 aliphatic carbocycles. The second-order valence-corrected chi connectivity index (χ2v) is 6.48. The Bertz CT molecular complexity index is 1250. The van der Waals surface area contributed by atoms with Gasteiger partial charge >= 0.3 is 6.36 Å². The van der Waals surface area contributed by atoms with Crippen molar-refractivity contribution in [2.24, 2.45) is 0 Å². The lowest BCUT2D eigenvalue weighted by molar-refractivity contribution is -0.274. The molecule has 0 aliphatic heterocycles. The lowest BCUT2D eigenvalue weighted by Crippen LogP contribution is -2.16. The predicted molar refractivity (Wildman–Crippen MR) is 105 cm³/mol. The monoisotopic (exact) mass is 396 g/mol. The molecule has 0 radical (unpaired) electrons. The number of hydrogen-bond donors (Lipinski definition) is 1. The summed E-state index contributed by atoms with van der Waals surface area (Å²) in [6.45, 7) is 1.73. The molecule has 4 rings (SSSR count). The minimum Gasteiger partial charge on any atom is -0.406 e. The zero-order valence-electron chi connectivity index (χ0n) is 15.2. The van der Waals surface area contributed by atoms with Crippen LogP contribution in [-0.4, -0.2) is 16.3 Å². The normalized spacial score (nSPS) is 11.6. The zero-order valence-corrected chi connectivity index (χ0v) is 15.2. The van der Waals surface area contributed by atoms with E-state index in [9.17, 15) is 18.0 Å². The lowest BCUT2D eigenvalue weighted by Gasteiger charge is -2.11. The third-order valence-electron chi connectivity index (χ3n) is 4.54. The number of aromatic amines is 1. The summed E-state index contributed by atoms with van der Waals surface area (Å²) >= 11 is 0. The van der Waals surface area contributed by atoms with Gasteiger partial charge in [0.05, 0.1) is 17.1 Å². The van der Waals surface area contributed by atoms with Gasteiger partial charge in [0.2, 0.25) is 0 Å². The highest BCUT2D eigenvalue weighted by molar-refractivity contribution is 5.82. The van der Waals surface area contributed by atoms with Gasteiger partial charge in [-0.1, -0.05) is 18.2 Å². The van der Waals surface area contributed by atoms with Crippen molar-refractivity contribution >= 4 is 10.9 Å². The highest BCUT2D eigenvalue weighted by Gasteiger charge is 2.31. The summed E-state index contributed by atoms with van der Waals surface area (Å²) in [5, 5.41) is 0.602. The van der Waals surface area contributed by atoms with Crippen molar-refractivity contribution < 1.29 is 17.9 Å². The molecule has 0 spiro atoms. The van der Waals surface area contributed by atoms with Gasteiger partial charge < -0.3 is 9.72 Å². The first-order valence-corrected chi connectivity index (χ1v) is 8.77. The van der Waals surface area contributed by atoms with Crippen LogP contribution in [-0.2, 0) is 0 Å². The third-order valence-corrected chi connectivity index (χ3v) is 4.54. The van der Waals surface area contributed by atoms with E-state index in [1.807, 2.05) is 18.2 Å². The maximum atomic E-state index is 12.7. The minimum atomic E-state index is -4.74. The van der Waals surface area contributed by atoms with E-state index >= 15 is 0 Å². The molecule has 2 aromatic heterocycles. The molecule has 0 saturated carbocycles. The van der Waals surface area contributed by atoms with Crippen LogP contribution >= 0.6 is 0 Å². The van der Waals surface area contributed by atoms with E-state index in [4.69, 9.17) is 0 Å². The summed E-state index contributed by atoms with van der Waals surface area (Å²) in [6.07, 6.45) is -4.74. The average molecular weight is 396 g/mol. The minimum absolute atomic E-state index is 0.0739. The molecular formula is C22H15F3N2O2. The Morgan fingerprint density at radius 3 is 2.31 bits per heavy atom. The Hall–Kier alpha value is -3.61. The van der Waals surface area contributed by atoms with E-state index in [1.54, 1.807) is 31.2 Å². The number of rotatable bonds is 3. The smallest absolute Gasteiger partial charge is 0.406 e. The second-order valence-electron chi connectivity index (χ2n) is 6.48. The van der Waals surface area contributed by atoms with Crippen LogP contribution in [0.3, 0.4) is 0 Å². The number of H-pyrrole nitrogens is 1. The molecule has 1 N–H and O–H groups in total. The summed E-state index contributed by atoms with van der Waals surface area (Å²) in [4.78, 5) is 20.5. The van der Waals surface area contributed by atoms with Crippen LogP contribution in [0.25, 0.3) is 33.5 Å². The van der Waals surface area contributed by atoms with Crippen LogP contribution in [0, 0.1) is 6.92 Å². The summed E-state index contributed by atoms with van der Waals surface area (Å²) in [6, 6.07) is 18.0. The first-order valence-electron chi connectivity index (χ1n) is 8.77. The van der Waals surface area contributed by atoms with Gasteiger partial charge in [-0.3, -0.25) is 4.79 Å². The number of halogens is 3. The average Bonchev–Trinajstić information content (AvgIpc) is 2.70. The van der Waals surface area contributed by atoms with Crippen molar-refractivity contribution in [3.8, 4) is 28.4 Å². The maximum absolute atomic E-state index is 12.7. The predicted octanol–water partition coefficient (Wildman–Crippen LogP) is 5.46. The Kier molecular flexibility index (Phi) is 4.58. The molecule has 4 aromatic rings. The van der Waals surface area contributed by atoms with E-state index in [0.717, 1.165) is 0 Å². The molecule has 2 aromatic carbocycles. The molecule has 0 unspecified atom stereocenters. The van der Waals surface area contributed by atoms with Crippen molar-refractivity contribution in [3.63, 3.8) is 0 Å². The fourth-order valence-electron chi connectivity index (χ4n) is 3.15. The van der Waals surface area contributed by atoms with E-state index in [-0.39, 0.29) is 11.2 Å². The second kappa shape index (κ2) is 7.09. The fourth-order valence-corrected chi connectivity index (χ4v) is 3.15. The highest BCUT2D eigenvalue weighted by atomic mass is 19.4. The molecule has 7 heteroatoms. The van der Waals surface area contributed by atoms with Crippen molar-refractivity contribution in [3.05, 3.63) is 82.5 Å². The number of benzene rings is 2. The fraction of sp³-hybridized carbons (Fsp3) is 0.0909. The number of aromatic nitrogens is 2. The van der Waals surface area contributed by atoms with Gasteiger partial charge in [-0.2, -0.15) is 0 Å². The topological polar surface area (TPSA) is 55.0 Å². The lowest BCUT2D eigenvalue weighted by atomic mass is 10.1. The van der Waals surface area contributed by atoms with Crippen LogP contribution in [0.1, 0.15) is 5.56 Å². The quantitative estimate of drug-likeness (QED) is 0.500. The van der Waals surface area contributed by atoms with Crippen LogP contribution in [0.15, 0.2) is 71.5 Å². The number of fused-ring (bicyclic) bond motifs is 1. The number of hydrogen-bond acceptors (Lipinski definition) is 3. The van der Waals surface area contributed by atoms with Gasteiger partial charge in [0.1, 0.15) is 5.75 Å². The standard InChI is InChI=1S/C22H15F3N2O2/c1-13-20(27-18-6-3-2-5-16(18)21(13)28)19-8-4-7-17(26-19)14-9-11-15(12-10-14)29-22(23,24)25/h2-12H,1H3,(H,27,28). The number of ether oxygens (including phenoxy) is 1. The Morgan fingerprint density at radius 2 is 1.59 bits per heavy atom. The molecule has 0 aliphatic rings. The Labute approximate surface area is 163 Å². The van der Waals surface area contributed by atoms with Crippen molar-refractivity contribution in [2.75, 3.05) is 0 Å². The molecular weight excluding hydrogens is 381 g/mol. The number of nitrogens with one attached hydrogen (secondary N) is 1. The van der Waals surface area contributed by atoms with Crippen LogP contribution in [0.2, 0.25) is 0 Å². The summed E-state index contributed by atoms with van der Waals surface area (Å²) < 4.78 is 40.9. The highest BCUT2D eigenvalue weighted by Crippen LogP contribution is 2.27. The Morgan fingerprint density at radius 1 is 0.897 bits per heavy atom. The largest absolute Gasteiger partial charge is 0.573 e. The third kappa shape index (κ3) is 3.85. The Balaban J connectivity index is 1.74. The molecule has 0 atom stereocenters. The van der Waals surface area contributed by atoms with Crippen molar-refractivity contribution in [1.29, 1.82) is 0 Å². The van der Waals surface area contributed by atoms with E-state index < -0.39 is 6.36 Å². The van der Waals surface area contributed by atoms with Crippen LogP contribution in [0.4, 0.5) is 13.2 Å². The number of para-hydroxylation sites is 1. The molecule has 0 fully saturated rings. The van der Waals surface area contributed by atoms with Gasteiger partial charge in [0, 0.05) is 22.0 Å². The number of nitrogens with zero attached hydrogens (tertiary/aromatic N) is 1. The molecule has 0 saturated heterocycles. The molecule has 2 heterocycles. The summed E-state index contributed by atoms with van der Waals surface area (Å²) in [7, 11) is 0. The molecule has 146 valence electrons. The summed E-state index contributed by atoms with van der Waals surface area (Å²) in [5.41, 5.74) is 3.54. The van der Waals surface area contributed by atoms with Crippen LogP contribution in [0.5, 0.6) is 5.75 Å². The zero-order chi connectivity index (χ0) is 20.6. The van der Waals surface area contributed by atoms with E-state index in [0.29, 0.717) is 39.1 Å². The number of alkyl halides is 3. The van der Waals surface area contributed by atoms with Gasteiger partial charge in [-0.15, -0.1) is 13.2 Å².